The van der Waals surface area contributed by atoms with E-state index >= 15 is 0 Å². The summed E-state index contributed by atoms with van der Waals surface area (Å²) in [6, 6.07) is 0. The summed E-state index contributed by atoms with van der Waals surface area (Å²) in [5, 5.41) is 11.2. The van der Waals surface area contributed by atoms with Crippen molar-refractivity contribution in [3.63, 3.8) is 0 Å². The Morgan fingerprint density at radius 2 is 0.643 bits per heavy atom. The van der Waals surface area contributed by atoms with Gasteiger partial charge in [-0.1, -0.05) is 0 Å². The summed E-state index contributed by atoms with van der Waals surface area (Å²) in [6.45, 7) is 11.7. The van der Waals surface area contributed by atoms with Gasteiger partial charge in [-0.25, -0.2) is 0 Å². The van der Waals surface area contributed by atoms with E-state index in [2.05, 4.69) is 26.5 Å². The standard InChI is InChI=1S/C25H54As.CN/c1-5-8-11-14-17-20-23-26(4,24-21-18-15-12-9-6-2)25-22-19-16-13-10-7-3;1-2/h5-25H2,1-4H3;/q+1;-1. The van der Waals surface area contributed by atoms with Crippen molar-refractivity contribution in [1.29, 1.82) is 5.26 Å². The van der Waals surface area contributed by atoms with Gasteiger partial charge in [0, 0.05) is 0 Å². The van der Waals surface area contributed by atoms with Crippen LogP contribution in [0.15, 0.2) is 0 Å². The van der Waals surface area contributed by atoms with Crippen LogP contribution in [0.2, 0.25) is 21.3 Å². The van der Waals surface area contributed by atoms with Gasteiger partial charge in [0.2, 0.25) is 0 Å². The van der Waals surface area contributed by atoms with Crippen LogP contribution in [0.1, 0.15) is 136 Å². The van der Waals surface area contributed by atoms with Crippen molar-refractivity contribution >= 4 is 13.6 Å². The van der Waals surface area contributed by atoms with Crippen molar-refractivity contribution in [2.75, 3.05) is 0 Å². The maximum atomic E-state index is 6.25. The van der Waals surface area contributed by atoms with E-state index in [4.69, 9.17) is 11.8 Å². The molecule has 0 saturated carbocycles. The van der Waals surface area contributed by atoms with Gasteiger partial charge >= 0.3 is 171 Å². The summed E-state index contributed by atoms with van der Waals surface area (Å²) in [5.74, 6) is 0. The fraction of sp³-hybridized carbons (Fsp3) is 0.962. The van der Waals surface area contributed by atoms with Gasteiger partial charge in [0.15, 0.2) is 0 Å². The Morgan fingerprint density at radius 3 is 0.893 bits per heavy atom. The molecule has 0 rings (SSSR count). The third kappa shape index (κ3) is 22.3. The zero-order chi connectivity index (χ0) is 21.3. The fourth-order valence-corrected chi connectivity index (χ4v) is 11.8. The van der Waals surface area contributed by atoms with E-state index in [1.807, 2.05) is 0 Å². The Morgan fingerprint density at radius 1 is 0.429 bits per heavy atom. The molecule has 0 N–H and O–H groups in total. The Bertz CT molecular complexity index is 259. The van der Waals surface area contributed by atoms with Crippen LogP contribution in [0.5, 0.6) is 0 Å². The molecule has 2 heteroatoms. The van der Waals surface area contributed by atoms with Gasteiger partial charge < -0.3 is 11.8 Å². The summed E-state index contributed by atoms with van der Waals surface area (Å²) < 4.78 is 0. The second-order valence-electron chi connectivity index (χ2n) is 9.09. The molecule has 0 amide bonds. The molecule has 0 fully saturated rings. The minimum absolute atomic E-state index is 1.33. The average Bonchev–Trinajstić information content (AvgIpc) is 2.71. The smallest absolute Gasteiger partial charge is 0.488 e. The molecular formula is C26H54AsN. The number of hydrogen-bond acceptors (Lipinski definition) is 1. The Hall–Kier alpha value is 0.0484. The molecule has 28 heavy (non-hydrogen) atoms. The van der Waals surface area contributed by atoms with E-state index < -0.39 is 13.6 Å². The first-order chi connectivity index (χ1) is 13.7. The molecule has 0 aliphatic carbocycles. The Balaban J connectivity index is 0. The second kappa shape index (κ2) is 25.1. The number of hydrogen-bond donors (Lipinski definition) is 0. The summed E-state index contributed by atoms with van der Waals surface area (Å²) in [6.07, 6.45) is 26.6. The van der Waals surface area contributed by atoms with Crippen LogP contribution in [0.4, 0.5) is 0 Å². The minimum atomic E-state index is -1.33. The summed E-state index contributed by atoms with van der Waals surface area (Å²) >= 11 is -1.33. The van der Waals surface area contributed by atoms with Crippen LogP contribution >= 0.6 is 0 Å². The van der Waals surface area contributed by atoms with Gasteiger partial charge in [0.25, 0.3) is 0 Å². The van der Waals surface area contributed by atoms with Crippen molar-refractivity contribution in [2.24, 2.45) is 0 Å². The van der Waals surface area contributed by atoms with E-state index in [1.54, 1.807) is 34.9 Å². The zero-order valence-electron chi connectivity index (χ0n) is 20.2. The van der Waals surface area contributed by atoms with Crippen LogP contribution < -0.4 is 0 Å². The normalized spacial score (nSPS) is 11.2. The molecule has 0 saturated heterocycles. The van der Waals surface area contributed by atoms with E-state index in [9.17, 15) is 0 Å². The molecule has 0 radical (unpaired) electrons. The first-order valence-electron chi connectivity index (χ1n) is 12.7. The Labute approximate surface area is 182 Å². The van der Waals surface area contributed by atoms with Crippen LogP contribution in [0.25, 0.3) is 0 Å². The van der Waals surface area contributed by atoms with Crippen molar-refractivity contribution in [3.05, 3.63) is 6.57 Å². The largest absolute Gasteiger partial charge is 0.512 e. The number of unbranched alkanes of at least 4 members (excludes halogenated alkanes) is 15. The zero-order valence-corrected chi connectivity index (χ0v) is 22.1. The molecule has 168 valence electrons. The summed E-state index contributed by atoms with van der Waals surface area (Å²) in [5.41, 5.74) is 2.79. The van der Waals surface area contributed by atoms with Crippen molar-refractivity contribution in [1.82, 2.24) is 0 Å². The van der Waals surface area contributed by atoms with E-state index in [0.29, 0.717) is 0 Å². The summed E-state index contributed by atoms with van der Waals surface area (Å²) in [7, 11) is 0. The molecule has 0 atom stereocenters. The molecule has 0 heterocycles. The Kier molecular flexibility index (Phi) is 27.1. The van der Waals surface area contributed by atoms with Crippen molar-refractivity contribution in [2.45, 2.75) is 158 Å². The first-order valence-corrected chi connectivity index (χ1v) is 18.6. The van der Waals surface area contributed by atoms with Crippen LogP contribution in [0, 0.1) is 11.8 Å². The predicted octanol–water partition coefficient (Wildman–Crippen LogP) is 10.2. The minimum Gasteiger partial charge on any atom is -0.512 e. The molecule has 0 aliphatic heterocycles. The molecule has 0 spiro atoms. The monoisotopic (exact) mass is 455 g/mol. The fourth-order valence-electron chi connectivity index (χ4n) is 4.16. The second-order valence-corrected chi connectivity index (χ2v) is 18.7. The van der Waals surface area contributed by atoms with Crippen molar-refractivity contribution < 1.29 is 0 Å². The SMILES string of the molecule is CCCCCCCC[As+](C)(CCCCCCCC)CCCCCCCC.[C-]#N. The molecule has 0 bridgehead atoms. The molecule has 1 nitrogen and oxygen atoms in total. The number of rotatable bonds is 21. The molecule has 0 aliphatic rings. The topological polar surface area (TPSA) is 23.8 Å². The molecule has 0 unspecified atom stereocenters. The maximum absolute atomic E-state index is 6.25. The van der Waals surface area contributed by atoms with Gasteiger partial charge in [-0.3, -0.25) is 0 Å². The maximum Gasteiger partial charge on any atom is -0.488 e. The summed E-state index contributed by atoms with van der Waals surface area (Å²) in [4.78, 5) is 0. The molecular weight excluding hydrogens is 401 g/mol. The van der Waals surface area contributed by atoms with E-state index in [-0.39, 0.29) is 0 Å². The average molecular weight is 456 g/mol. The van der Waals surface area contributed by atoms with Crippen LogP contribution in [0.3, 0.4) is 0 Å². The van der Waals surface area contributed by atoms with E-state index in [1.165, 1.54) is 96.3 Å². The molecule has 0 aromatic rings. The first kappa shape index (κ1) is 30.2. The third-order valence-electron chi connectivity index (χ3n) is 6.15. The van der Waals surface area contributed by atoms with Gasteiger partial charge in [-0.15, -0.1) is 0 Å². The third-order valence-corrected chi connectivity index (χ3v) is 14.9. The van der Waals surface area contributed by atoms with E-state index in [0.717, 1.165) is 0 Å². The van der Waals surface area contributed by atoms with Gasteiger partial charge in [0.05, 0.1) is 0 Å². The van der Waals surface area contributed by atoms with Gasteiger partial charge in [0.1, 0.15) is 0 Å². The van der Waals surface area contributed by atoms with Gasteiger partial charge in [-0.05, 0) is 0 Å². The van der Waals surface area contributed by atoms with Crippen molar-refractivity contribution in [3.8, 4) is 0 Å². The predicted molar refractivity (Wildman–Crippen MR) is 131 cm³/mol. The van der Waals surface area contributed by atoms with Crippen LogP contribution in [-0.2, 0) is 0 Å². The molecule has 0 aromatic carbocycles. The van der Waals surface area contributed by atoms with Crippen LogP contribution in [-0.4, -0.2) is 13.6 Å². The molecule has 0 aromatic heterocycles. The van der Waals surface area contributed by atoms with Gasteiger partial charge in [-0.2, -0.15) is 0 Å². The number of nitrogens with zero attached hydrogens (tertiary/aromatic N) is 1. The quantitative estimate of drug-likeness (QED) is 0.0959.